The van der Waals surface area contributed by atoms with Gasteiger partial charge in [0.05, 0.1) is 6.10 Å². The number of thioether (sulfide) groups is 1. The third-order valence-electron chi connectivity index (χ3n) is 4.33. The van der Waals surface area contributed by atoms with Crippen LogP contribution in [0.4, 0.5) is 5.69 Å². The van der Waals surface area contributed by atoms with E-state index in [4.69, 9.17) is 0 Å². The lowest BCUT2D eigenvalue weighted by Crippen LogP contribution is -2.37. The summed E-state index contributed by atoms with van der Waals surface area (Å²) < 4.78 is 0. The Morgan fingerprint density at radius 1 is 1.36 bits per heavy atom. The van der Waals surface area contributed by atoms with Gasteiger partial charge in [0, 0.05) is 43.2 Å². The number of hydrogen-bond acceptors (Lipinski definition) is 4. The topological polar surface area (TPSA) is 43.8 Å². The molecule has 1 atom stereocenters. The van der Waals surface area contributed by atoms with E-state index in [1.807, 2.05) is 36.2 Å². The van der Waals surface area contributed by atoms with Crippen LogP contribution in [0.5, 0.6) is 0 Å². The largest absolute Gasteiger partial charge is 0.393 e. The molecular formula is C17H26N2O2S. The maximum absolute atomic E-state index is 12.5. The van der Waals surface area contributed by atoms with Gasteiger partial charge < -0.3 is 14.9 Å². The monoisotopic (exact) mass is 322 g/mol. The first-order valence-electron chi connectivity index (χ1n) is 7.82. The van der Waals surface area contributed by atoms with E-state index in [0.717, 1.165) is 42.9 Å². The van der Waals surface area contributed by atoms with Crippen LogP contribution in [0.2, 0.25) is 0 Å². The van der Waals surface area contributed by atoms with Crippen LogP contribution >= 0.6 is 11.8 Å². The summed E-state index contributed by atoms with van der Waals surface area (Å²) in [5.41, 5.74) is 1.86. The number of carbonyl (C=O) groups is 1. The molecule has 1 aromatic rings. The van der Waals surface area contributed by atoms with Crippen molar-refractivity contribution in [2.24, 2.45) is 0 Å². The molecule has 1 N–H and O–H groups in total. The van der Waals surface area contributed by atoms with Crippen molar-refractivity contribution in [1.82, 2.24) is 4.90 Å². The molecule has 1 fully saturated rings. The average molecular weight is 322 g/mol. The highest BCUT2D eigenvalue weighted by molar-refractivity contribution is 7.98. The standard InChI is InChI=1S/C17H26N2O2S/c1-13(12-22-3)18(2)17(21)14-4-6-15(7-5-14)19-10-8-16(20)9-11-19/h4-7,13,16,20H,8-12H2,1-3H3/t13-/m0/s1. The highest BCUT2D eigenvalue weighted by Gasteiger charge is 2.19. The summed E-state index contributed by atoms with van der Waals surface area (Å²) in [5.74, 6) is 1.01. The number of nitrogens with zero attached hydrogens (tertiary/aromatic N) is 2. The summed E-state index contributed by atoms with van der Waals surface area (Å²) in [6, 6.07) is 8.07. The van der Waals surface area contributed by atoms with Crippen molar-refractivity contribution < 1.29 is 9.90 Å². The number of hydrogen-bond donors (Lipinski definition) is 1. The Bertz CT molecular complexity index is 484. The minimum atomic E-state index is -0.163. The van der Waals surface area contributed by atoms with E-state index in [-0.39, 0.29) is 18.1 Å². The summed E-state index contributed by atoms with van der Waals surface area (Å²) >= 11 is 1.75. The molecule has 0 radical (unpaired) electrons. The van der Waals surface area contributed by atoms with Gasteiger partial charge in [-0.3, -0.25) is 4.79 Å². The first-order chi connectivity index (χ1) is 10.5. The van der Waals surface area contributed by atoms with Gasteiger partial charge in [0.15, 0.2) is 0 Å². The molecule has 1 aliphatic heterocycles. The molecule has 4 nitrogen and oxygen atoms in total. The van der Waals surface area contributed by atoms with E-state index in [1.54, 1.807) is 11.8 Å². The van der Waals surface area contributed by atoms with Crippen LogP contribution in [0.1, 0.15) is 30.1 Å². The highest BCUT2D eigenvalue weighted by Crippen LogP contribution is 2.21. The fourth-order valence-electron chi connectivity index (χ4n) is 2.70. The Hall–Kier alpha value is -1.20. The van der Waals surface area contributed by atoms with Crippen molar-refractivity contribution in [3.63, 3.8) is 0 Å². The normalized spacial score (nSPS) is 17.4. The SMILES string of the molecule is CSC[C@H](C)N(C)C(=O)c1ccc(N2CCC(O)CC2)cc1. The van der Waals surface area contributed by atoms with Gasteiger partial charge in [-0.25, -0.2) is 0 Å². The Morgan fingerprint density at radius 3 is 2.50 bits per heavy atom. The van der Waals surface area contributed by atoms with E-state index in [1.165, 1.54) is 0 Å². The fourth-order valence-corrected chi connectivity index (χ4v) is 3.40. The van der Waals surface area contributed by atoms with Crippen molar-refractivity contribution in [1.29, 1.82) is 0 Å². The molecule has 1 aliphatic rings. The number of piperidine rings is 1. The minimum absolute atomic E-state index is 0.0715. The van der Waals surface area contributed by atoms with Crippen LogP contribution in [0, 0.1) is 0 Å². The molecule has 22 heavy (non-hydrogen) atoms. The second-order valence-corrected chi connectivity index (χ2v) is 6.90. The first kappa shape index (κ1) is 17.2. The molecule has 1 heterocycles. The van der Waals surface area contributed by atoms with Gasteiger partial charge in [-0.15, -0.1) is 0 Å². The van der Waals surface area contributed by atoms with Crippen LogP contribution < -0.4 is 4.90 Å². The zero-order valence-electron chi connectivity index (χ0n) is 13.7. The molecular weight excluding hydrogens is 296 g/mol. The Labute approximate surface area is 137 Å². The van der Waals surface area contributed by atoms with Crippen LogP contribution in [0.25, 0.3) is 0 Å². The quantitative estimate of drug-likeness (QED) is 0.904. The molecule has 1 amide bonds. The summed E-state index contributed by atoms with van der Waals surface area (Å²) in [7, 11) is 1.86. The molecule has 0 spiro atoms. The lowest BCUT2D eigenvalue weighted by molar-refractivity contribution is 0.0757. The highest BCUT2D eigenvalue weighted by atomic mass is 32.2. The van der Waals surface area contributed by atoms with Crippen molar-refractivity contribution in [3.8, 4) is 0 Å². The van der Waals surface area contributed by atoms with Gasteiger partial charge in [0.2, 0.25) is 0 Å². The second-order valence-electron chi connectivity index (χ2n) is 5.99. The molecule has 2 rings (SSSR count). The molecule has 122 valence electrons. The maximum atomic E-state index is 12.5. The van der Waals surface area contributed by atoms with E-state index >= 15 is 0 Å². The number of benzene rings is 1. The third kappa shape index (κ3) is 4.17. The molecule has 5 heteroatoms. The average Bonchev–Trinajstić information content (AvgIpc) is 2.54. The Kier molecular flexibility index (Phi) is 6.15. The van der Waals surface area contributed by atoms with Gasteiger partial charge in [0.1, 0.15) is 0 Å². The number of aliphatic hydroxyl groups excluding tert-OH is 1. The van der Waals surface area contributed by atoms with Gasteiger partial charge >= 0.3 is 0 Å². The predicted molar refractivity (Wildman–Crippen MR) is 93.8 cm³/mol. The number of aliphatic hydroxyl groups is 1. The van der Waals surface area contributed by atoms with Crippen molar-refractivity contribution in [2.75, 3.05) is 37.0 Å². The van der Waals surface area contributed by atoms with Gasteiger partial charge in [-0.2, -0.15) is 11.8 Å². The lowest BCUT2D eigenvalue weighted by Gasteiger charge is -2.31. The van der Waals surface area contributed by atoms with Crippen LogP contribution in [-0.2, 0) is 0 Å². The van der Waals surface area contributed by atoms with Gasteiger partial charge in [-0.05, 0) is 50.3 Å². The lowest BCUT2D eigenvalue weighted by atomic mass is 10.1. The molecule has 0 aliphatic carbocycles. The van der Waals surface area contributed by atoms with Crippen molar-refractivity contribution in [2.45, 2.75) is 31.9 Å². The first-order valence-corrected chi connectivity index (χ1v) is 9.21. The number of rotatable bonds is 5. The molecule has 0 saturated carbocycles. The number of amides is 1. The molecule has 0 unspecified atom stereocenters. The minimum Gasteiger partial charge on any atom is -0.393 e. The Morgan fingerprint density at radius 2 is 1.95 bits per heavy atom. The Balaban J connectivity index is 2.00. The van der Waals surface area contributed by atoms with Gasteiger partial charge in [0.25, 0.3) is 5.91 Å². The van der Waals surface area contributed by atoms with E-state index < -0.39 is 0 Å². The van der Waals surface area contributed by atoms with Crippen LogP contribution in [-0.4, -0.2) is 60.2 Å². The zero-order chi connectivity index (χ0) is 16.1. The van der Waals surface area contributed by atoms with E-state index in [0.29, 0.717) is 0 Å². The molecule has 0 aromatic heterocycles. The zero-order valence-corrected chi connectivity index (χ0v) is 14.5. The van der Waals surface area contributed by atoms with E-state index in [9.17, 15) is 9.90 Å². The van der Waals surface area contributed by atoms with Crippen molar-refractivity contribution in [3.05, 3.63) is 29.8 Å². The number of carbonyl (C=O) groups excluding carboxylic acids is 1. The van der Waals surface area contributed by atoms with E-state index in [2.05, 4.69) is 18.1 Å². The molecule has 1 saturated heterocycles. The summed E-state index contributed by atoms with van der Waals surface area (Å²) in [4.78, 5) is 16.5. The second kappa shape index (κ2) is 7.88. The van der Waals surface area contributed by atoms with Crippen LogP contribution in [0.3, 0.4) is 0 Å². The van der Waals surface area contributed by atoms with Gasteiger partial charge in [-0.1, -0.05) is 0 Å². The smallest absolute Gasteiger partial charge is 0.253 e. The number of anilines is 1. The van der Waals surface area contributed by atoms with Crippen LogP contribution in [0.15, 0.2) is 24.3 Å². The fraction of sp³-hybridized carbons (Fsp3) is 0.588. The summed E-state index contributed by atoms with van der Waals surface area (Å²) in [6.45, 7) is 3.82. The third-order valence-corrected chi connectivity index (χ3v) is 5.15. The van der Waals surface area contributed by atoms with Crippen molar-refractivity contribution >= 4 is 23.4 Å². The summed E-state index contributed by atoms with van der Waals surface area (Å²) in [6.07, 6.45) is 3.52. The predicted octanol–water partition coefficient (Wildman–Crippen LogP) is 2.47. The molecule has 1 aromatic carbocycles. The maximum Gasteiger partial charge on any atom is 0.253 e. The summed E-state index contributed by atoms with van der Waals surface area (Å²) in [5, 5.41) is 9.57. The molecule has 0 bridgehead atoms.